The number of anilines is 2. The van der Waals surface area contributed by atoms with Crippen LogP contribution < -0.4 is 19.9 Å². The van der Waals surface area contributed by atoms with Crippen molar-refractivity contribution in [1.82, 2.24) is 5.32 Å². The van der Waals surface area contributed by atoms with Crippen molar-refractivity contribution in [1.29, 1.82) is 0 Å². The summed E-state index contributed by atoms with van der Waals surface area (Å²) in [6.07, 6.45) is 0.271. The Morgan fingerprint density at radius 1 is 1.28 bits per heavy atom. The van der Waals surface area contributed by atoms with E-state index in [1.807, 2.05) is 0 Å². The van der Waals surface area contributed by atoms with E-state index in [9.17, 15) is 0 Å². The number of nitrogens with one attached hydrogen (secondary N) is 1. The summed E-state index contributed by atoms with van der Waals surface area (Å²) in [7, 11) is 2.14. The number of piperazine rings is 1. The zero-order valence-electron chi connectivity index (χ0n) is 11.1. The normalized spacial score (nSPS) is 23.6. The van der Waals surface area contributed by atoms with E-state index >= 15 is 0 Å². The number of hydrogen-bond acceptors (Lipinski definition) is 4. The van der Waals surface area contributed by atoms with E-state index in [0.29, 0.717) is 0 Å². The Morgan fingerprint density at radius 2 is 2.06 bits per heavy atom. The fourth-order valence-corrected chi connectivity index (χ4v) is 2.76. The zero-order chi connectivity index (χ0) is 12.5. The van der Waals surface area contributed by atoms with Crippen LogP contribution in [0, 0.1) is 0 Å². The van der Waals surface area contributed by atoms with Gasteiger partial charge in [-0.25, -0.2) is 0 Å². The highest BCUT2D eigenvalue weighted by atomic mass is 16.5. The van der Waals surface area contributed by atoms with Crippen LogP contribution in [-0.4, -0.2) is 45.9 Å². The van der Waals surface area contributed by atoms with Crippen molar-refractivity contribution < 1.29 is 4.74 Å². The first-order valence-corrected chi connectivity index (χ1v) is 6.71. The van der Waals surface area contributed by atoms with Crippen molar-refractivity contribution in [3.05, 3.63) is 18.2 Å². The van der Waals surface area contributed by atoms with Gasteiger partial charge in [-0.05, 0) is 25.1 Å². The smallest absolute Gasteiger partial charge is 0.143 e. The summed E-state index contributed by atoms with van der Waals surface area (Å²) in [4.78, 5) is 4.72. The molecule has 0 saturated carbocycles. The number of rotatable bonds is 1. The molecule has 0 amide bonds. The van der Waals surface area contributed by atoms with Crippen molar-refractivity contribution in [3.63, 3.8) is 0 Å². The van der Waals surface area contributed by atoms with E-state index in [0.717, 1.165) is 38.5 Å². The highest BCUT2D eigenvalue weighted by Crippen LogP contribution is 2.35. The Kier molecular flexibility index (Phi) is 3.04. The molecule has 0 spiro atoms. The summed E-state index contributed by atoms with van der Waals surface area (Å²) < 4.78 is 5.87. The van der Waals surface area contributed by atoms with Crippen molar-refractivity contribution in [2.24, 2.45) is 0 Å². The minimum Gasteiger partial charge on any atom is -0.487 e. The first kappa shape index (κ1) is 11.7. The van der Waals surface area contributed by atoms with Gasteiger partial charge in [0.1, 0.15) is 11.9 Å². The summed E-state index contributed by atoms with van der Waals surface area (Å²) in [5, 5.41) is 3.38. The van der Waals surface area contributed by atoms with Crippen LogP contribution >= 0.6 is 0 Å². The molecule has 1 aromatic carbocycles. The second-order valence-electron chi connectivity index (χ2n) is 5.20. The molecule has 3 rings (SSSR count). The Labute approximate surface area is 109 Å². The average Bonchev–Trinajstić information content (AvgIpc) is 2.39. The maximum Gasteiger partial charge on any atom is 0.143 e. The van der Waals surface area contributed by atoms with E-state index in [1.54, 1.807) is 0 Å². The van der Waals surface area contributed by atoms with Crippen LogP contribution in [0.4, 0.5) is 11.4 Å². The third-order valence-corrected chi connectivity index (χ3v) is 3.70. The minimum absolute atomic E-state index is 0.271. The number of likely N-dealkylation sites (N-methyl/N-ethyl adjacent to an activating group) is 1. The Morgan fingerprint density at radius 3 is 2.83 bits per heavy atom. The first-order valence-electron chi connectivity index (χ1n) is 6.71. The van der Waals surface area contributed by atoms with E-state index in [-0.39, 0.29) is 6.10 Å². The summed E-state index contributed by atoms with van der Waals surface area (Å²) in [6.45, 7) is 7.38. The monoisotopic (exact) mass is 247 g/mol. The van der Waals surface area contributed by atoms with Gasteiger partial charge in [-0.15, -0.1) is 0 Å². The second-order valence-corrected chi connectivity index (χ2v) is 5.20. The number of ether oxygens (including phenoxy) is 1. The molecule has 2 aliphatic heterocycles. The quantitative estimate of drug-likeness (QED) is 0.810. The molecule has 1 N–H and O–H groups in total. The van der Waals surface area contributed by atoms with Gasteiger partial charge in [0, 0.05) is 38.9 Å². The van der Waals surface area contributed by atoms with E-state index in [2.05, 4.69) is 47.3 Å². The molecule has 98 valence electrons. The Bertz CT molecular complexity index is 429. The van der Waals surface area contributed by atoms with Crippen LogP contribution in [0.25, 0.3) is 0 Å². The summed E-state index contributed by atoms with van der Waals surface area (Å²) in [5.41, 5.74) is 2.52. The first-order chi connectivity index (χ1) is 8.74. The van der Waals surface area contributed by atoms with Gasteiger partial charge in [0.15, 0.2) is 0 Å². The van der Waals surface area contributed by atoms with Gasteiger partial charge in [-0.2, -0.15) is 0 Å². The van der Waals surface area contributed by atoms with Gasteiger partial charge in [-0.1, -0.05) is 0 Å². The molecule has 0 aliphatic carbocycles. The highest BCUT2D eigenvalue weighted by molar-refractivity contribution is 5.68. The molecule has 1 saturated heterocycles. The highest BCUT2D eigenvalue weighted by Gasteiger charge is 2.21. The number of hydrogen-bond donors (Lipinski definition) is 1. The molecule has 0 bridgehead atoms. The number of fused-ring (bicyclic) bond motifs is 1. The lowest BCUT2D eigenvalue weighted by molar-refractivity contribution is 0.215. The topological polar surface area (TPSA) is 27.7 Å². The van der Waals surface area contributed by atoms with Gasteiger partial charge in [0.25, 0.3) is 0 Å². The molecular formula is C14H21N3O. The molecule has 0 radical (unpaired) electrons. The van der Waals surface area contributed by atoms with Gasteiger partial charge in [0.05, 0.1) is 12.2 Å². The fraction of sp³-hybridized carbons (Fsp3) is 0.571. The average molecular weight is 247 g/mol. The van der Waals surface area contributed by atoms with Gasteiger partial charge >= 0.3 is 0 Å². The van der Waals surface area contributed by atoms with E-state index < -0.39 is 0 Å². The molecule has 1 aromatic rings. The molecular weight excluding hydrogens is 226 g/mol. The van der Waals surface area contributed by atoms with Gasteiger partial charge in [-0.3, -0.25) is 0 Å². The Balaban J connectivity index is 1.87. The van der Waals surface area contributed by atoms with Crippen molar-refractivity contribution in [2.45, 2.75) is 13.0 Å². The van der Waals surface area contributed by atoms with E-state index in [4.69, 9.17) is 4.74 Å². The van der Waals surface area contributed by atoms with Crippen molar-refractivity contribution in [3.8, 4) is 5.75 Å². The molecule has 0 aromatic heterocycles. The maximum atomic E-state index is 5.87. The van der Waals surface area contributed by atoms with E-state index in [1.165, 1.54) is 11.4 Å². The number of nitrogens with zero attached hydrogens (tertiary/aromatic N) is 2. The lowest BCUT2D eigenvalue weighted by Gasteiger charge is -2.35. The van der Waals surface area contributed by atoms with Crippen LogP contribution in [-0.2, 0) is 0 Å². The molecule has 1 atom stereocenters. The lowest BCUT2D eigenvalue weighted by Crippen LogP contribution is -2.43. The predicted octanol–water partition coefficient (Wildman–Crippen LogP) is 1.31. The molecule has 4 heteroatoms. The zero-order valence-corrected chi connectivity index (χ0v) is 11.1. The van der Waals surface area contributed by atoms with Gasteiger partial charge < -0.3 is 19.9 Å². The lowest BCUT2D eigenvalue weighted by atomic mass is 10.1. The largest absolute Gasteiger partial charge is 0.487 e. The standard InChI is InChI=1S/C14H21N3O/c1-11-10-16(2)13-9-12(3-4-14(13)18-11)17-7-5-15-6-8-17/h3-4,9,11,15H,5-8,10H2,1-2H3. The predicted molar refractivity (Wildman–Crippen MR) is 74.9 cm³/mol. The molecule has 2 aliphatic rings. The van der Waals surface area contributed by atoms with Crippen LogP contribution in [0.5, 0.6) is 5.75 Å². The van der Waals surface area contributed by atoms with Crippen molar-refractivity contribution in [2.75, 3.05) is 49.6 Å². The third-order valence-electron chi connectivity index (χ3n) is 3.70. The Hall–Kier alpha value is -1.42. The second kappa shape index (κ2) is 4.69. The molecule has 4 nitrogen and oxygen atoms in total. The molecule has 18 heavy (non-hydrogen) atoms. The summed E-state index contributed by atoms with van der Waals surface area (Å²) in [6, 6.07) is 6.54. The van der Waals surface area contributed by atoms with Crippen LogP contribution in [0.1, 0.15) is 6.92 Å². The van der Waals surface area contributed by atoms with Crippen LogP contribution in [0.2, 0.25) is 0 Å². The van der Waals surface area contributed by atoms with Gasteiger partial charge in [0.2, 0.25) is 0 Å². The summed E-state index contributed by atoms with van der Waals surface area (Å²) in [5.74, 6) is 1.01. The molecule has 1 fully saturated rings. The third kappa shape index (κ3) is 2.12. The fourth-order valence-electron chi connectivity index (χ4n) is 2.76. The minimum atomic E-state index is 0.271. The molecule has 2 heterocycles. The van der Waals surface area contributed by atoms with Crippen molar-refractivity contribution >= 4 is 11.4 Å². The molecule has 1 unspecified atom stereocenters. The van der Waals surface area contributed by atoms with Crippen LogP contribution in [0.3, 0.4) is 0 Å². The SMILES string of the molecule is CC1CN(C)c2cc(N3CCNCC3)ccc2O1. The van der Waals surface area contributed by atoms with Crippen LogP contribution in [0.15, 0.2) is 18.2 Å². The number of benzene rings is 1. The summed E-state index contributed by atoms with van der Waals surface area (Å²) >= 11 is 0. The maximum absolute atomic E-state index is 5.87.